The topological polar surface area (TPSA) is 49.4 Å². The highest BCUT2D eigenvalue weighted by Crippen LogP contribution is 2.34. The molecule has 1 aliphatic rings. The molecule has 8 heteroatoms. The Bertz CT molecular complexity index is 520. The molecule has 1 N–H and O–H groups in total. The van der Waals surface area contributed by atoms with Crippen LogP contribution in [0.1, 0.15) is 25.7 Å². The van der Waals surface area contributed by atoms with E-state index in [0.29, 0.717) is 15.4 Å². The van der Waals surface area contributed by atoms with E-state index >= 15 is 0 Å². The lowest BCUT2D eigenvalue weighted by Crippen LogP contribution is -2.35. The Morgan fingerprint density at radius 2 is 1.95 bits per heavy atom. The van der Waals surface area contributed by atoms with E-state index in [1.165, 1.54) is 31.7 Å². The summed E-state index contributed by atoms with van der Waals surface area (Å²) in [5.41, 5.74) is 0. The Morgan fingerprint density at radius 3 is 2.50 bits per heavy atom. The summed E-state index contributed by atoms with van der Waals surface area (Å²) < 4.78 is 27.8. The summed E-state index contributed by atoms with van der Waals surface area (Å²) in [6.07, 6.45) is 4.98. The fourth-order valence-corrected chi connectivity index (χ4v) is 5.69. The molecule has 20 heavy (non-hydrogen) atoms. The van der Waals surface area contributed by atoms with E-state index < -0.39 is 10.0 Å². The molecule has 0 bridgehead atoms. The van der Waals surface area contributed by atoms with E-state index in [4.69, 9.17) is 11.6 Å². The number of hydrogen-bond acceptors (Lipinski definition) is 4. The zero-order valence-corrected chi connectivity index (χ0v) is 15.0. The van der Waals surface area contributed by atoms with E-state index in [9.17, 15) is 8.42 Å². The normalized spacial score (nSPS) is 18.1. The number of nitrogens with zero attached hydrogens (tertiary/aromatic N) is 1. The summed E-state index contributed by atoms with van der Waals surface area (Å²) in [5.74, 6) is 0. The highest BCUT2D eigenvalue weighted by molar-refractivity contribution is 9.11. The lowest BCUT2D eigenvalue weighted by Gasteiger charge is -2.19. The van der Waals surface area contributed by atoms with Gasteiger partial charge in [-0.05, 0) is 47.9 Å². The molecule has 114 valence electrons. The molecule has 4 nitrogen and oxygen atoms in total. The first-order valence-electron chi connectivity index (χ1n) is 6.66. The van der Waals surface area contributed by atoms with Crippen LogP contribution in [-0.2, 0) is 10.0 Å². The lowest BCUT2D eigenvalue weighted by atomic mass is 10.2. The van der Waals surface area contributed by atoms with Gasteiger partial charge in [-0.3, -0.25) is 0 Å². The number of sulfonamides is 1. The van der Waals surface area contributed by atoms with Gasteiger partial charge in [0.2, 0.25) is 10.0 Å². The number of rotatable bonds is 5. The maximum absolute atomic E-state index is 12.1. The van der Waals surface area contributed by atoms with Crippen LogP contribution in [0.15, 0.2) is 14.1 Å². The molecule has 1 saturated heterocycles. The zero-order chi connectivity index (χ0) is 14.6. The van der Waals surface area contributed by atoms with Gasteiger partial charge in [0.25, 0.3) is 0 Å². The molecular formula is C12H18BrClN2O2S2. The first-order valence-corrected chi connectivity index (χ1v) is 10.1. The molecule has 2 rings (SSSR count). The van der Waals surface area contributed by atoms with Crippen molar-refractivity contribution in [2.24, 2.45) is 0 Å². The first kappa shape index (κ1) is 16.7. The second kappa shape index (κ2) is 7.56. The van der Waals surface area contributed by atoms with Crippen LogP contribution in [0.5, 0.6) is 0 Å². The third-order valence-corrected chi connectivity index (χ3v) is 7.72. The van der Waals surface area contributed by atoms with Gasteiger partial charge >= 0.3 is 0 Å². The molecule has 1 aromatic rings. The molecule has 1 aromatic heterocycles. The molecule has 0 radical (unpaired) electrons. The minimum Gasteiger partial charge on any atom is -0.302 e. The Labute approximate surface area is 137 Å². The van der Waals surface area contributed by atoms with Crippen LogP contribution in [0.4, 0.5) is 0 Å². The lowest BCUT2D eigenvalue weighted by molar-refractivity contribution is 0.290. The summed E-state index contributed by atoms with van der Waals surface area (Å²) in [6.45, 7) is 3.34. The van der Waals surface area contributed by atoms with Crippen molar-refractivity contribution in [2.45, 2.75) is 29.9 Å². The van der Waals surface area contributed by atoms with Crippen LogP contribution in [0.3, 0.4) is 0 Å². The fourth-order valence-electron chi connectivity index (χ4n) is 2.23. The number of hydrogen-bond donors (Lipinski definition) is 1. The third kappa shape index (κ3) is 4.68. The molecule has 0 unspecified atom stereocenters. The van der Waals surface area contributed by atoms with Crippen LogP contribution < -0.4 is 4.72 Å². The van der Waals surface area contributed by atoms with Crippen molar-refractivity contribution in [3.05, 3.63) is 14.9 Å². The minimum absolute atomic E-state index is 0.255. The third-order valence-electron chi connectivity index (χ3n) is 3.31. The standard InChI is InChI=1S/C12H18BrClN2O2S2/c13-12-10(14)9-11(19-12)20(17,18)15-5-8-16-6-3-1-2-4-7-16/h9,15H,1-8H2. The summed E-state index contributed by atoms with van der Waals surface area (Å²) in [4.78, 5) is 2.33. The second-order valence-corrected chi connectivity index (χ2v) is 9.61. The highest BCUT2D eigenvalue weighted by atomic mass is 79.9. The van der Waals surface area contributed by atoms with Crippen LogP contribution in [0, 0.1) is 0 Å². The van der Waals surface area contributed by atoms with E-state index in [-0.39, 0.29) is 4.21 Å². The zero-order valence-electron chi connectivity index (χ0n) is 11.1. The smallest absolute Gasteiger partial charge is 0.250 e. The van der Waals surface area contributed by atoms with Gasteiger partial charge in [0.05, 0.1) is 8.81 Å². The molecule has 0 aliphatic carbocycles. The summed E-state index contributed by atoms with van der Waals surface area (Å²) in [6, 6.07) is 1.48. The van der Waals surface area contributed by atoms with Crippen molar-refractivity contribution in [2.75, 3.05) is 26.2 Å². The van der Waals surface area contributed by atoms with E-state index in [2.05, 4.69) is 25.6 Å². The largest absolute Gasteiger partial charge is 0.302 e. The van der Waals surface area contributed by atoms with Crippen molar-refractivity contribution in [3.8, 4) is 0 Å². The monoisotopic (exact) mass is 400 g/mol. The molecule has 0 amide bonds. The number of thiophene rings is 1. The van der Waals surface area contributed by atoms with Crippen molar-refractivity contribution >= 4 is 48.9 Å². The van der Waals surface area contributed by atoms with Gasteiger partial charge in [-0.2, -0.15) is 0 Å². The second-order valence-electron chi connectivity index (χ2n) is 4.84. The number of likely N-dealkylation sites (tertiary alicyclic amines) is 1. The average Bonchev–Trinajstić information content (AvgIpc) is 2.62. The predicted molar refractivity (Wildman–Crippen MR) is 87.1 cm³/mol. The van der Waals surface area contributed by atoms with Crippen molar-refractivity contribution in [3.63, 3.8) is 0 Å². The molecule has 0 atom stereocenters. The Kier molecular flexibility index (Phi) is 6.31. The summed E-state index contributed by atoms with van der Waals surface area (Å²) >= 11 is 10.2. The van der Waals surface area contributed by atoms with Crippen LogP contribution >= 0.6 is 38.9 Å². The first-order chi connectivity index (χ1) is 9.49. The van der Waals surface area contributed by atoms with Gasteiger partial charge in [0.15, 0.2) is 0 Å². The summed E-state index contributed by atoms with van der Waals surface area (Å²) in [7, 11) is -3.44. The van der Waals surface area contributed by atoms with Gasteiger partial charge in [0.1, 0.15) is 4.21 Å². The molecule has 1 aliphatic heterocycles. The maximum Gasteiger partial charge on any atom is 0.250 e. The van der Waals surface area contributed by atoms with E-state index in [1.807, 2.05) is 0 Å². The van der Waals surface area contributed by atoms with Crippen LogP contribution in [-0.4, -0.2) is 39.5 Å². The van der Waals surface area contributed by atoms with Crippen molar-refractivity contribution < 1.29 is 8.42 Å². The Balaban J connectivity index is 1.86. The molecule has 1 fully saturated rings. The quantitative estimate of drug-likeness (QED) is 0.823. The maximum atomic E-state index is 12.1. The highest BCUT2D eigenvalue weighted by Gasteiger charge is 2.19. The molecule has 0 saturated carbocycles. The van der Waals surface area contributed by atoms with Crippen molar-refractivity contribution in [1.82, 2.24) is 9.62 Å². The number of nitrogens with one attached hydrogen (secondary N) is 1. The molecule has 0 aromatic carbocycles. The Morgan fingerprint density at radius 1 is 1.30 bits per heavy atom. The van der Waals surface area contributed by atoms with Gasteiger partial charge in [0, 0.05) is 13.1 Å². The van der Waals surface area contributed by atoms with Gasteiger partial charge in [-0.15, -0.1) is 11.3 Å². The average molecular weight is 402 g/mol. The molecular weight excluding hydrogens is 384 g/mol. The van der Waals surface area contributed by atoms with Crippen molar-refractivity contribution in [1.29, 1.82) is 0 Å². The van der Waals surface area contributed by atoms with Gasteiger partial charge in [-0.25, -0.2) is 13.1 Å². The molecule has 0 spiro atoms. The van der Waals surface area contributed by atoms with Crippen LogP contribution in [0.2, 0.25) is 5.02 Å². The van der Waals surface area contributed by atoms with Gasteiger partial charge in [-0.1, -0.05) is 24.4 Å². The summed E-state index contributed by atoms with van der Waals surface area (Å²) in [5, 5.41) is 0.433. The fraction of sp³-hybridized carbons (Fsp3) is 0.667. The number of halogens is 2. The predicted octanol–water partition coefficient (Wildman–Crippen LogP) is 3.32. The van der Waals surface area contributed by atoms with Gasteiger partial charge < -0.3 is 4.90 Å². The van der Waals surface area contributed by atoms with Crippen LogP contribution in [0.25, 0.3) is 0 Å². The van der Waals surface area contributed by atoms with E-state index in [0.717, 1.165) is 31.0 Å². The van der Waals surface area contributed by atoms with E-state index in [1.54, 1.807) is 0 Å². The minimum atomic E-state index is -3.44. The SMILES string of the molecule is O=S(=O)(NCCN1CCCCCC1)c1cc(Cl)c(Br)s1. The Hall–Kier alpha value is 0.340. The molecule has 2 heterocycles.